The molecular formula is C30H32N4O5. The van der Waals surface area contributed by atoms with E-state index in [2.05, 4.69) is 27.3 Å². The zero-order valence-corrected chi connectivity index (χ0v) is 22.1. The molecule has 3 amide bonds. The lowest BCUT2D eigenvalue weighted by molar-refractivity contribution is -0.144. The van der Waals surface area contributed by atoms with E-state index >= 15 is 0 Å². The van der Waals surface area contributed by atoms with Crippen LogP contribution in [0.2, 0.25) is 0 Å². The summed E-state index contributed by atoms with van der Waals surface area (Å²) in [6.45, 7) is 5.75. The number of likely N-dealkylation sites (tertiary alicyclic amines) is 1. The number of amides is 3. The summed E-state index contributed by atoms with van der Waals surface area (Å²) in [6.07, 6.45) is 0.511. The molecule has 0 spiro atoms. The Balaban J connectivity index is 1.16. The van der Waals surface area contributed by atoms with Gasteiger partial charge in [-0.15, -0.1) is 0 Å². The SMILES string of the molecule is CC(C)(O)c1ccc2cc(CN3CC[C@H](OC4c5ccccc5C(=O)N4C4CCC(=O)NC4=O)C3)ccc2n1. The molecule has 3 atom stereocenters. The number of ether oxygens (including phenoxy) is 1. The van der Waals surface area contributed by atoms with Crippen molar-refractivity contribution in [2.24, 2.45) is 0 Å². The molecule has 4 heterocycles. The monoisotopic (exact) mass is 528 g/mol. The van der Waals surface area contributed by atoms with Crippen LogP contribution in [0.1, 0.15) is 66.5 Å². The maximum atomic E-state index is 13.3. The van der Waals surface area contributed by atoms with Gasteiger partial charge in [0.05, 0.1) is 17.3 Å². The molecule has 3 aliphatic heterocycles. The highest BCUT2D eigenvalue weighted by molar-refractivity contribution is 6.05. The first kappa shape index (κ1) is 25.6. The lowest BCUT2D eigenvalue weighted by Gasteiger charge is -2.35. The second-order valence-electron chi connectivity index (χ2n) is 11.2. The van der Waals surface area contributed by atoms with E-state index in [-0.39, 0.29) is 30.8 Å². The molecule has 9 heteroatoms. The second-order valence-corrected chi connectivity index (χ2v) is 11.2. The van der Waals surface area contributed by atoms with Gasteiger partial charge in [0, 0.05) is 42.6 Å². The molecule has 202 valence electrons. The Morgan fingerprint density at radius 3 is 2.69 bits per heavy atom. The van der Waals surface area contributed by atoms with Crippen molar-refractivity contribution in [3.63, 3.8) is 0 Å². The molecule has 39 heavy (non-hydrogen) atoms. The highest BCUT2D eigenvalue weighted by Crippen LogP contribution is 2.39. The number of carbonyl (C=O) groups excluding carboxylic acids is 3. The molecule has 6 rings (SSSR count). The van der Waals surface area contributed by atoms with Gasteiger partial charge in [0.2, 0.25) is 11.8 Å². The minimum atomic E-state index is -0.990. The number of nitrogens with zero attached hydrogens (tertiary/aromatic N) is 3. The number of rotatable bonds is 6. The van der Waals surface area contributed by atoms with Gasteiger partial charge in [-0.3, -0.25) is 29.5 Å². The number of carbonyl (C=O) groups is 3. The molecule has 1 aromatic heterocycles. The van der Waals surface area contributed by atoms with Crippen molar-refractivity contribution in [3.8, 4) is 0 Å². The smallest absolute Gasteiger partial charge is 0.257 e. The van der Waals surface area contributed by atoms with E-state index in [1.165, 1.54) is 4.90 Å². The fourth-order valence-electron chi connectivity index (χ4n) is 5.80. The number of aromatic nitrogens is 1. The second kappa shape index (κ2) is 9.82. The standard InChI is InChI=1S/C30H32N4O5/c1-30(2,38)25-11-8-19-15-18(7-9-23(19)31-25)16-33-14-13-20(17-33)39-29-22-6-4-3-5-21(22)28(37)34(29)24-10-12-26(35)32-27(24)36/h3-9,11,15,20,24,29,38H,10,12-14,16-17H2,1-2H3,(H,32,35,36)/t20-,24?,29?/m0/s1. The third-order valence-corrected chi connectivity index (χ3v) is 7.83. The van der Waals surface area contributed by atoms with Crippen molar-refractivity contribution in [2.75, 3.05) is 13.1 Å². The Hall–Kier alpha value is -3.66. The van der Waals surface area contributed by atoms with Gasteiger partial charge >= 0.3 is 0 Å². The molecule has 3 aliphatic rings. The Morgan fingerprint density at radius 2 is 1.90 bits per heavy atom. The van der Waals surface area contributed by atoms with Crippen molar-refractivity contribution < 1.29 is 24.2 Å². The van der Waals surface area contributed by atoms with Gasteiger partial charge < -0.3 is 9.84 Å². The molecule has 0 radical (unpaired) electrons. The zero-order valence-electron chi connectivity index (χ0n) is 22.1. The number of imide groups is 1. The lowest BCUT2D eigenvalue weighted by atomic mass is 10.0. The Bertz CT molecular complexity index is 1470. The number of piperidine rings is 1. The number of aliphatic hydroxyl groups is 1. The minimum Gasteiger partial charge on any atom is -0.384 e. The van der Waals surface area contributed by atoms with Crippen molar-refractivity contribution in [1.82, 2.24) is 20.1 Å². The van der Waals surface area contributed by atoms with E-state index in [0.717, 1.165) is 41.5 Å². The van der Waals surface area contributed by atoms with Crippen LogP contribution in [-0.2, 0) is 26.5 Å². The van der Waals surface area contributed by atoms with Crippen LogP contribution in [0.5, 0.6) is 0 Å². The van der Waals surface area contributed by atoms with E-state index in [9.17, 15) is 19.5 Å². The van der Waals surface area contributed by atoms with Crippen LogP contribution in [0.25, 0.3) is 10.9 Å². The fraction of sp³-hybridized carbons (Fsp3) is 0.400. The summed E-state index contributed by atoms with van der Waals surface area (Å²) in [6, 6.07) is 16.6. The summed E-state index contributed by atoms with van der Waals surface area (Å²) in [5.41, 5.74) is 2.96. The van der Waals surface area contributed by atoms with E-state index in [0.29, 0.717) is 17.8 Å². The maximum Gasteiger partial charge on any atom is 0.257 e. The summed E-state index contributed by atoms with van der Waals surface area (Å²) in [5.74, 6) is -1.00. The average Bonchev–Trinajstić information content (AvgIpc) is 3.45. The highest BCUT2D eigenvalue weighted by Gasteiger charge is 2.46. The van der Waals surface area contributed by atoms with Crippen LogP contribution in [0.4, 0.5) is 0 Å². The predicted octanol–water partition coefficient (Wildman–Crippen LogP) is 3.01. The largest absolute Gasteiger partial charge is 0.384 e. The van der Waals surface area contributed by atoms with Crippen molar-refractivity contribution >= 4 is 28.6 Å². The normalized spacial score (nSPS) is 23.9. The molecule has 2 saturated heterocycles. The summed E-state index contributed by atoms with van der Waals surface area (Å²) >= 11 is 0. The molecule has 2 N–H and O–H groups in total. The average molecular weight is 529 g/mol. The molecular weight excluding hydrogens is 496 g/mol. The van der Waals surface area contributed by atoms with Crippen molar-refractivity contribution in [2.45, 2.75) is 63.6 Å². The van der Waals surface area contributed by atoms with Crippen LogP contribution in [-0.4, -0.2) is 62.8 Å². The predicted molar refractivity (Wildman–Crippen MR) is 143 cm³/mol. The fourth-order valence-corrected chi connectivity index (χ4v) is 5.80. The number of benzene rings is 2. The van der Waals surface area contributed by atoms with Gasteiger partial charge in [-0.25, -0.2) is 4.98 Å². The summed E-state index contributed by atoms with van der Waals surface area (Å²) < 4.78 is 6.56. The molecule has 2 fully saturated rings. The van der Waals surface area contributed by atoms with Crippen LogP contribution >= 0.6 is 0 Å². The van der Waals surface area contributed by atoms with Crippen LogP contribution in [0.15, 0.2) is 54.6 Å². The van der Waals surface area contributed by atoms with E-state index < -0.39 is 23.8 Å². The van der Waals surface area contributed by atoms with E-state index in [4.69, 9.17) is 4.74 Å². The van der Waals surface area contributed by atoms with E-state index in [1.54, 1.807) is 19.9 Å². The first-order valence-electron chi connectivity index (χ1n) is 13.4. The quantitative estimate of drug-likeness (QED) is 0.473. The topological polar surface area (TPSA) is 112 Å². The molecule has 0 bridgehead atoms. The third kappa shape index (κ3) is 4.93. The number of hydrogen-bond acceptors (Lipinski definition) is 7. The molecule has 2 aromatic carbocycles. The van der Waals surface area contributed by atoms with E-state index in [1.807, 2.05) is 36.4 Å². The third-order valence-electron chi connectivity index (χ3n) is 7.83. The van der Waals surface area contributed by atoms with Gasteiger partial charge in [0.15, 0.2) is 6.23 Å². The van der Waals surface area contributed by atoms with Crippen molar-refractivity contribution in [3.05, 3.63) is 77.0 Å². The van der Waals surface area contributed by atoms with Crippen LogP contribution in [0, 0.1) is 0 Å². The lowest BCUT2D eigenvalue weighted by Crippen LogP contribution is -2.54. The molecule has 0 aliphatic carbocycles. The van der Waals surface area contributed by atoms with Crippen LogP contribution in [0.3, 0.4) is 0 Å². The number of fused-ring (bicyclic) bond motifs is 2. The summed E-state index contributed by atoms with van der Waals surface area (Å²) in [7, 11) is 0. The van der Waals surface area contributed by atoms with Gasteiger partial charge in [0.25, 0.3) is 5.91 Å². The first-order valence-corrected chi connectivity index (χ1v) is 13.4. The molecule has 2 unspecified atom stereocenters. The number of pyridine rings is 1. The van der Waals surface area contributed by atoms with Gasteiger partial charge in [-0.2, -0.15) is 0 Å². The summed E-state index contributed by atoms with van der Waals surface area (Å²) in [4.78, 5) is 46.2. The molecule has 9 nitrogen and oxygen atoms in total. The zero-order chi connectivity index (χ0) is 27.3. The maximum absolute atomic E-state index is 13.3. The Kier molecular flexibility index (Phi) is 6.45. The Labute approximate surface area is 226 Å². The molecule has 0 saturated carbocycles. The van der Waals surface area contributed by atoms with Gasteiger partial charge in [-0.1, -0.05) is 30.3 Å². The number of nitrogens with one attached hydrogen (secondary N) is 1. The highest BCUT2D eigenvalue weighted by atomic mass is 16.5. The minimum absolute atomic E-state index is 0.110. The van der Waals surface area contributed by atoms with Crippen LogP contribution < -0.4 is 5.32 Å². The summed E-state index contributed by atoms with van der Waals surface area (Å²) in [5, 5.41) is 13.7. The van der Waals surface area contributed by atoms with Crippen molar-refractivity contribution in [1.29, 1.82) is 0 Å². The van der Waals surface area contributed by atoms with Gasteiger partial charge in [-0.05, 0) is 56.5 Å². The first-order chi connectivity index (χ1) is 18.7. The molecule has 3 aromatic rings. The Morgan fingerprint density at radius 1 is 1.08 bits per heavy atom. The van der Waals surface area contributed by atoms with Gasteiger partial charge in [0.1, 0.15) is 11.6 Å². The number of hydrogen-bond donors (Lipinski definition) is 2.